The first-order valence-corrected chi connectivity index (χ1v) is 10.6. The third kappa shape index (κ3) is 3.91. The summed E-state index contributed by atoms with van der Waals surface area (Å²) in [5, 5.41) is 3.51. The molecule has 154 valence electrons. The van der Waals surface area contributed by atoms with E-state index in [9.17, 15) is 4.79 Å². The van der Waals surface area contributed by atoms with Gasteiger partial charge in [0.25, 0.3) is 5.91 Å². The quantitative estimate of drug-likeness (QED) is 0.815. The van der Waals surface area contributed by atoms with Gasteiger partial charge in [0.2, 0.25) is 0 Å². The maximum atomic E-state index is 13.0. The van der Waals surface area contributed by atoms with Crippen molar-refractivity contribution in [2.45, 2.75) is 52.3 Å². The first-order chi connectivity index (χ1) is 13.9. The van der Waals surface area contributed by atoms with E-state index < -0.39 is 0 Å². The third-order valence-corrected chi connectivity index (χ3v) is 6.13. The molecule has 0 saturated carbocycles. The van der Waals surface area contributed by atoms with Gasteiger partial charge in [0, 0.05) is 32.1 Å². The second-order valence-electron chi connectivity index (χ2n) is 8.36. The van der Waals surface area contributed by atoms with E-state index in [1.807, 2.05) is 24.1 Å². The number of rotatable bonds is 5. The van der Waals surface area contributed by atoms with Crippen LogP contribution < -0.4 is 15.0 Å². The van der Waals surface area contributed by atoms with Gasteiger partial charge in [-0.05, 0) is 56.9 Å². The topological polar surface area (TPSA) is 44.8 Å². The normalized spacial score (nSPS) is 19.1. The molecule has 0 spiro atoms. The molecule has 2 atom stereocenters. The van der Waals surface area contributed by atoms with Crippen molar-refractivity contribution in [3.05, 3.63) is 53.1 Å². The molecule has 5 heteroatoms. The Morgan fingerprint density at radius 2 is 1.97 bits per heavy atom. The maximum absolute atomic E-state index is 13.0. The number of benzene rings is 2. The van der Waals surface area contributed by atoms with Crippen molar-refractivity contribution in [2.24, 2.45) is 0 Å². The fourth-order valence-corrected chi connectivity index (χ4v) is 4.26. The van der Waals surface area contributed by atoms with Crippen LogP contribution in [0.4, 0.5) is 11.4 Å². The number of hydrogen-bond donors (Lipinski definition) is 1. The van der Waals surface area contributed by atoms with E-state index in [0.717, 1.165) is 49.5 Å². The number of anilines is 2. The SMILES string of the molecule is Cc1ccccc1CC(C)Oc1cc(C(=O)N2CCCC2)cc2c1NC(C)N2C. The van der Waals surface area contributed by atoms with Crippen molar-refractivity contribution in [3.8, 4) is 5.75 Å². The van der Waals surface area contributed by atoms with Gasteiger partial charge in [0.15, 0.2) is 0 Å². The molecule has 4 rings (SSSR count). The van der Waals surface area contributed by atoms with E-state index in [4.69, 9.17) is 4.74 Å². The fourth-order valence-electron chi connectivity index (χ4n) is 4.26. The average Bonchev–Trinajstić information content (AvgIpc) is 3.33. The van der Waals surface area contributed by atoms with Gasteiger partial charge in [0.05, 0.1) is 11.9 Å². The Morgan fingerprint density at radius 3 is 2.69 bits per heavy atom. The predicted octanol–water partition coefficient (Wildman–Crippen LogP) is 4.45. The molecule has 0 radical (unpaired) electrons. The molecule has 2 heterocycles. The Kier molecular flexibility index (Phi) is 5.39. The predicted molar refractivity (Wildman–Crippen MR) is 118 cm³/mol. The molecule has 1 fully saturated rings. The lowest BCUT2D eigenvalue weighted by Crippen LogP contribution is -2.29. The van der Waals surface area contributed by atoms with Gasteiger partial charge in [-0.1, -0.05) is 24.3 Å². The zero-order valence-corrected chi connectivity index (χ0v) is 17.9. The van der Waals surface area contributed by atoms with Gasteiger partial charge in [0.1, 0.15) is 17.5 Å². The minimum atomic E-state index is 0.000325. The lowest BCUT2D eigenvalue weighted by molar-refractivity contribution is 0.0792. The minimum absolute atomic E-state index is 0.000325. The zero-order chi connectivity index (χ0) is 20.5. The van der Waals surface area contributed by atoms with Gasteiger partial charge in [-0.25, -0.2) is 0 Å². The summed E-state index contributed by atoms with van der Waals surface area (Å²) in [5.74, 6) is 0.872. The molecule has 1 saturated heterocycles. The van der Waals surface area contributed by atoms with Crippen molar-refractivity contribution in [3.63, 3.8) is 0 Å². The van der Waals surface area contributed by atoms with Gasteiger partial charge in [-0.15, -0.1) is 0 Å². The Bertz CT molecular complexity index is 905. The zero-order valence-electron chi connectivity index (χ0n) is 17.9. The minimum Gasteiger partial charge on any atom is -0.488 e. The molecule has 0 bridgehead atoms. The van der Waals surface area contributed by atoms with E-state index in [1.165, 1.54) is 11.1 Å². The van der Waals surface area contributed by atoms with Crippen LogP contribution in [0.5, 0.6) is 5.75 Å². The summed E-state index contributed by atoms with van der Waals surface area (Å²) >= 11 is 0. The van der Waals surface area contributed by atoms with E-state index >= 15 is 0 Å². The Balaban J connectivity index is 1.62. The molecular weight excluding hydrogens is 362 g/mol. The highest BCUT2D eigenvalue weighted by molar-refractivity contribution is 5.98. The Morgan fingerprint density at radius 1 is 1.24 bits per heavy atom. The monoisotopic (exact) mass is 393 g/mol. The number of nitrogens with zero attached hydrogens (tertiary/aromatic N) is 2. The van der Waals surface area contributed by atoms with Crippen LogP contribution in [0.25, 0.3) is 0 Å². The Hall–Kier alpha value is -2.69. The highest BCUT2D eigenvalue weighted by Gasteiger charge is 2.29. The highest BCUT2D eigenvalue weighted by Crippen LogP contribution is 2.43. The number of likely N-dealkylation sites (tertiary alicyclic amines) is 1. The lowest BCUT2D eigenvalue weighted by Gasteiger charge is -2.21. The molecule has 1 N–H and O–H groups in total. The molecule has 1 amide bonds. The summed E-state index contributed by atoms with van der Waals surface area (Å²) in [6.45, 7) is 8.03. The maximum Gasteiger partial charge on any atom is 0.254 e. The van der Waals surface area contributed by atoms with Crippen LogP contribution in [-0.2, 0) is 6.42 Å². The summed E-state index contributed by atoms with van der Waals surface area (Å²) in [6.07, 6.45) is 3.17. The fraction of sp³-hybridized carbons (Fsp3) is 0.458. The second-order valence-corrected chi connectivity index (χ2v) is 8.36. The molecule has 2 aromatic rings. The van der Waals surface area contributed by atoms with Crippen molar-refractivity contribution < 1.29 is 9.53 Å². The number of hydrogen-bond acceptors (Lipinski definition) is 4. The molecular formula is C24H31N3O2. The number of aryl methyl sites for hydroxylation is 1. The van der Waals surface area contributed by atoms with E-state index in [0.29, 0.717) is 5.56 Å². The van der Waals surface area contributed by atoms with Crippen LogP contribution in [-0.4, -0.2) is 43.2 Å². The number of amides is 1. The Labute approximate surface area is 173 Å². The van der Waals surface area contributed by atoms with Crippen LogP contribution in [0.3, 0.4) is 0 Å². The number of ether oxygens (including phenoxy) is 1. The summed E-state index contributed by atoms with van der Waals surface area (Å²) in [7, 11) is 2.05. The van der Waals surface area contributed by atoms with Crippen LogP contribution in [0.15, 0.2) is 36.4 Å². The first kappa shape index (κ1) is 19.6. The summed E-state index contributed by atoms with van der Waals surface area (Å²) < 4.78 is 6.41. The van der Waals surface area contributed by atoms with Crippen molar-refractivity contribution in [1.82, 2.24) is 4.90 Å². The van der Waals surface area contributed by atoms with Crippen LogP contribution in [0.1, 0.15) is 48.2 Å². The summed E-state index contributed by atoms with van der Waals surface area (Å²) in [6, 6.07) is 12.3. The molecule has 0 aromatic heterocycles. The van der Waals surface area contributed by atoms with Gasteiger partial charge >= 0.3 is 0 Å². The smallest absolute Gasteiger partial charge is 0.254 e. The first-order valence-electron chi connectivity index (χ1n) is 10.6. The molecule has 2 unspecified atom stereocenters. The number of nitrogens with one attached hydrogen (secondary N) is 1. The highest BCUT2D eigenvalue weighted by atomic mass is 16.5. The van der Waals surface area contributed by atoms with Crippen LogP contribution in [0, 0.1) is 6.92 Å². The summed E-state index contributed by atoms with van der Waals surface area (Å²) in [5.41, 5.74) is 5.29. The molecule has 29 heavy (non-hydrogen) atoms. The third-order valence-electron chi connectivity index (χ3n) is 6.13. The molecule has 0 aliphatic carbocycles. The standard InChI is InChI=1S/C24H31N3O2/c1-16-9-5-6-10-19(16)13-17(2)29-22-15-20(24(28)27-11-7-8-12-27)14-21-23(22)25-18(3)26(21)4/h5-6,9-10,14-15,17-18,25H,7-8,11-13H2,1-4H3. The van der Waals surface area contributed by atoms with E-state index in [1.54, 1.807) is 0 Å². The second kappa shape index (κ2) is 7.97. The molecule has 2 aromatic carbocycles. The van der Waals surface area contributed by atoms with Gasteiger partial charge < -0.3 is 19.9 Å². The van der Waals surface area contributed by atoms with Crippen molar-refractivity contribution in [2.75, 3.05) is 30.4 Å². The average molecular weight is 394 g/mol. The summed E-state index contributed by atoms with van der Waals surface area (Å²) in [4.78, 5) is 17.2. The molecule has 5 nitrogen and oxygen atoms in total. The lowest BCUT2D eigenvalue weighted by atomic mass is 10.0. The number of fused-ring (bicyclic) bond motifs is 1. The van der Waals surface area contributed by atoms with Crippen LogP contribution in [0.2, 0.25) is 0 Å². The van der Waals surface area contributed by atoms with E-state index in [2.05, 4.69) is 55.3 Å². The number of carbonyl (C=O) groups excluding carboxylic acids is 1. The molecule has 2 aliphatic rings. The number of carbonyl (C=O) groups is 1. The van der Waals surface area contributed by atoms with Crippen molar-refractivity contribution >= 4 is 17.3 Å². The molecule has 2 aliphatic heterocycles. The van der Waals surface area contributed by atoms with E-state index in [-0.39, 0.29) is 18.2 Å². The van der Waals surface area contributed by atoms with Crippen LogP contribution >= 0.6 is 0 Å². The van der Waals surface area contributed by atoms with Crippen molar-refractivity contribution in [1.29, 1.82) is 0 Å². The van der Waals surface area contributed by atoms with Gasteiger partial charge in [-0.3, -0.25) is 4.79 Å². The largest absolute Gasteiger partial charge is 0.488 e. The van der Waals surface area contributed by atoms with Gasteiger partial charge in [-0.2, -0.15) is 0 Å².